The van der Waals surface area contributed by atoms with Crippen LogP contribution in [-0.4, -0.2) is 55.1 Å². The molecule has 0 bridgehead atoms. The van der Waals surface area contributed by atoms with Crippen LogP contribution in [-0.2, 0) is 16.1 Å². The third-order valence-electron chi connectivity index (χ3n) is 4.69. The van der Waals surface area contributed by atoms with E-state index < -0.39 is 0 Å². The quantitative estimate of drug-likeness (QED) is 0.801. The number of benzene rings is 1. The molecular formula is C19H29FN2O2. The number of rotatable bonds is 6. The van der Waals surface area contributed by atoms with E-state index in [0.29, 0.717) is 25.0 Å². The third-order valence-corrected chi connectivity index (χ3v) is 4.69. The summed E-state index contributed by atoms with van der Waals surface area (Å²) in [7, 11) is 1.62. The fourth-order valence-corrected chi connectivity index (χ4v) is 3.29. The Hall–Kier alpha value is -1.46. The highest BCUT2D eigenvalue weighted by atomic mass is 19.1. The lowest BCUT2D eigenvalue weighted by atomic mass is 10.0. The van der Waals surface area contributed by atoms with Crippen molar-refractivity contribution < 1.29 is 13.9 Å². The summed E-state index contributed by atoms with van der Waals surface area (Å²) >= 11 is 0. The number of carbonyl (C=O) groups excluding carboxylic acids is 1. The van der Waals surface area contributed by atoms with Gasteiger partial charge in [0.05, 0.1) is 13.0 Å². The number of methoxy groups -OCH3 is 1. The maximum Gasteiger partial charge on any atom is 0.224 e. The Balaban J connectivity index is 2.05. The van der Waals surface area contributed by atoms with Gasteiger partial charge in [-0.2, -0.15) is 0 Å². The molecule has 0 unspecified atom stereocenters. The van der Waals surface area contributed by atoms with Gasteiger partial charge < -0.3 is 9.64 Å². The zero-order chi connectivity index (χ0) is 17.5. The Labute approximate surface area is 144 Å². The van der Waals surface area contributed by atoms with E-state index in [9.17, 15) is 9.18 Å². The SMILES string of the molecule is COCCC(=O)N1CCCN(Cc2ccc(F)cc2)[C@H](C(C)C)C1. The first-order chi connectivity index (χ1) is 11.5. The van der Waals surface area contributed by atoms with Gasteiger partial charge in [-0.1, -0.05) is 26.0 Å². The summed E-state index contributed by atoms with van der Waals surface area (Å²) in [6.45, 7) is 8.17. The zero-order valence-corrected chi connectivity index (χ0v) is 15.0. The number of ether oxygens (including phenoxy) is 1. The van der Waals surface area contributed by atoms with Crippen LogP contribution in [0.5, 0.6) is 0 Å². The number of amides is 1. The molecule has 0 spiro atoms. The summed E-state index contributed by atoms with van der Waals surface area (Å²) in [5, 5.41) is 0. The molecule has 4 nitrogen and oxygen atoms in total. The van der Waals surface area contributed by atoms with Crippen molar-refractivity contribution in [3.8, 4) is 0 Å². The van der Waals surface area contributed by atoms with Gasteiger partial charge in [-0.05, 0) is 30.0 Å². The molecule has 0 aromatic heterocycles. The molecule has 1 aliphatic heterocycles. The van der Waals surface area contributed by atoms with Crippen molar-refractivity contribution in [2.75, 3.05) is 33.4 Å². The monoisotopic (exact) mass is 336 g/mol. The maximum absolute atomic E-state index is 13.1. The minimum Gasteiger partial charge on any atom is -0.384 e. The van der Waals surface area contributed by atoms with E-state index in [2.05, 4.69) is 18.7 Å². The van der Waals surface area contributed by atoms with Crippen molar-refractivity contribution in [3.63, 3.8) is 0 Å². The molecule has 134 valence electrons. The number of hydrogen-bond donors (Lipinski definition) is 0. The molecule has 2 rings (SSSR count). The van der Waals surface area contributed by atoms with Crippen molar-refractivity contribution in [2.45, 2.75) is 39.3 Å². The standard InChI is InChI=1S/C19H29FN2O2/c1-15(2)18-14-22(19(23)9-12-24-3)11-4-10-21(18)13-16-5-7-17(20)8-6-16/h5-8,15,18H,4,9-14H2,1-3H3/t18-/m0/s1. The molecule has 1 aromatic carbocycles. The van der Waals surface area contributed by atoms with Crippen LogP contribution in [0.25, 0.3) is 0 Å². The topological polar surface area (TPSA) is 32.8 Å². The molecule has 5 heteroatoms. The van der Waals surface area contributed by atoms with Crippen LogP contribution in [0.15, 0.2) is 24.3 Å². The fraction of sp³-hybridized carbons (Fsp3) is 0.632. The van der Waals surface area contributed by atoms with Gasteiger partial charge >= 0.3 is 0 Å². The highest BCUT2D eigenvalue weighted by Crippen LogP contribution is 2.20. The van der Waals surface area contributed by atoms with Gasteiger partial charge in [-0.15, -0.1) is 0 Å². The molecule has 1 amide bonds. The highest BCUT2D eigenvalue weighted by Gasteiger charge is 2.29. The number of carbonyl (C=O) groups is 1. The van der Waals surface area contributed by atoms with Crippen LogP contribution in [0, 0.1) is 11.7 Å². The summed E-state index contributed by atoms with van der Waals surface area (Å²) in [5.74, 6) is 0.414. The Kier molecular flexibility index (Phi) is 7.18. The number of hydrogen-bond acceptors (Lipinski definition) is 3. The molecule has 0 N–H and O–H groups in total. The van der Waals surface area contributed by atoms with E-state index in [1.807, 2.05) is 17.0 Å². The molecular weight excluding hydrogens is 307 g/mol. The van der Waals surface area contributed by atoms with Gasteiger partial charge in [0.2, 0.25) is 5.91 Å². The van der Waals surface area contributed by atoms with E-state index in [1.54, 1.807) is 7.11 Å². The van der Waals surface area contributed by atoms with Crippen LogP contribution >= 0.6 is 0 Å². The first-order valence-electron chi connectivity index (χ1n) is 8.76. The second-order valence-electron chi connectivity index (χ2n) is 6.84. The van der Waals surface area contributed by atoms with Gasteiger partial charge in [0.15, 0.2) is 0 Å². The summed E-state index contributed by atoms with van der Waals surface area (Å²) in [5.41, 5.74) is 1.11. The van der Waals surface area contributed by atoms with E-state index >= 15 is 0 Å². The van der Waals surface area contributed by atoms with E-state index in [1.165, 1.54) is 12.1 Å². The number of nitrogens with zero attached hydrogens (tertiary/aromatic N) is 2. The van der Waals surface area contributed by atoms with Gasteiger partial charge in [-0.3, -0.25) is 9.69 Å². The minimum atomic E-state index is -0.204. The van der Waals surface area contributed by atoms with Crippen molar-refractivity contribution in [1.29, 1.82) is 0 Å². The van der Waals surface area contributed by atoms with Crippen LogP contribution in [0.2, 0.25) is 0 Å². The maximum atomic E-state index is 13.1. The van der Waals surface area contributed by atoms with Crippen molar-refractivity contribution in [3.05, 3.63) is 35.6 Å². The van der Waals surface area contributed by atoms with Gasteiger partial charge in [-0.25, -0.2) is 4.39 Å². The summed E-state index contributed by atoms with van der Waals surface area (Å²) in [4.78, 5) is 16.8. The third kappa shape index (κ3) is 5.28. The lowest BCUT2D eigenvalue weighted by molar-refractivity contribution is -0.132. The minimum absolute atomic E-state index is 0.172. The van der Waals surface area contributed by atoms with Crippen molar-refractivity contribution in [1.82, 2.24) is 9.80 Å². The molecule has 1 atom stereocenters. The Morgan fingerprint density at radius 3 is 2.62 bits per heavy atom. The van der Waals surface area contributed by atoms with Crippen LogP contribution in [0.1, 0.15) is 32.3 Å². The van der Waals surface area contributed by atoms with E-state index in [-0.39, 0.29) is 11.7 Å². The zero-order valence-electron chi connectivity index (χ0n) is 15.0. The largest absolute Gasteiger partial charge is 0.384 e. The lowest BCUT2D eigenvalue weighted by Crippen LogP contribution is -2.45. The van der Waals surface area contributed by atoms with Crippen LogP contribution < -0.4 is 0 Å². The van der Waals surface area contributed by atoms with E-state index in [0.717, 1.165) is 38.2 Å². The van der Waals surface area contributed by atoms with Gasteiger partial charge in [0, 0.05) is 39.3 Å². The predicted octanol–water partition coefficient (Wildman–Crippen LogP) is 2.92. The molecule has 1 aliphatic rings. The predicted molar refractivity (Wildman–Crippen MR) is 93.1 cm³/mol. The van der Waals surface area contributed by atoms with Crippen LogP contribution in [0.3, 0.4) is 0 Å². The molecule has 0 radical (unpaired) electrons. The van der Waals surface area contributed by atoms with Gasteiger partial charge in [0.1, 0.15) is 5.82 Å². The summed E-state index contributed by atoms with van der Waals surface area (Å²) in [6, 6.07) is 7.03. The Morgan fingerprint density at radius 1 is 1.29 bits per heavy atom. The van der Waals surface area contributed by atoms with Crippen molar-refractivity contribution in [2.24, 2.45) is 5.92 Å². The molecule has 1 fully saturated rings. The normalized spacial score (nSPS) is 19.5. The van der Waals surface area contributed by atoms with E-state index in [4.69, 9.17) is 4.74 Å². The average molecular weight is 336 g/mol. The molecule has 1 heterocycles. The first kappa shape index (κ1) is 18.9. The average Bonchev–Trinajstić information content (AvgIpc) is 2.77. The fourth-order valence-electron chi connectivity index (χ4n) is 3.29. The molecule has 24 heavy (non-hydrogen) atoms. The van der Waals surface area contributed by atoms with Crippen LogP contribution in [0.4, 0.5) is 4.39 Å². The number of halogens is 1. The molecule has 0 saturated carbocycles. The molecule has 0 aliphatic carbocycles. The smallest absolute Gasteiger partial charge is 0.224 e. The summed E-state index contributed by atoms with van der Waals surface area (Å²) < 4.78 is 18.1. The second kappa shape index (κ2) is 9.14. The Morgan fingerprint density at radius 2 is 2.00 bits per heavy atom. The van der Waals surface area contributed by atoms with Crippen molar-refractivity contribution >= 4 is 5.91 Å². The highest BCUT2D eigenvalue weighted by molar-refractivity contribution is 5.76. The first-order valence-corrected chi connectivity index (χ1v) is 8.76. The Bertz CT molecular complexity index is 519. The molecule has 1 saturated heterocycles. The second-order valence-corrected chi connectivity index (χ2v) is 6.84. The molecule has 1 aromatic rings. The van der Waals surface area contributed by atoms with Gasteiger partial charge in [0.25, 0.3) is 0 Å². The summed E-state index contributed by atoms with van der Waals surface area (Å²) in [6.07, 6.45) is 1.41. The lowest BCUT2D eigenvalue weighted by Gasteiger charge is -2.34.